The zero-order valence-electron chi connectivity index (χ0n) is 8.76. The predicted molar refractivity (Wildman–Crippen MR) is 55.9 cm³/mol. The second-order valence-electron chi connectivity index (χ2n) is 4.71. The molecule has 1 atom stereocenters. The maximum atomic E-state index is 3.43. The second-order valence-corrected chi connectivity index (χ2v) is 4.71. The number of likely N-dealkylation sites (N-methyl/N-ethyl adjacent to an activating group) is 1. The Kier molecular flexibility index (Phi) is 3.23. The lowest BCUT2D eigenvalue weighted by molar-refractivity contribution is 0.204. The van der Waals surface area contributed by atoms with Crippen LogP contribution in [0.5, 0.6) is 0 Å². The van der Waals surface area contributed by atoms with E-state index < -0.39 is 0 Å². The zero-order valence-corrected chi connectivity index (χ0v) is 8.76. The van der Waals surface area contributed by atoms with Crippen molar-refractivity contribution >= 4 is 0 Å². The van der Waals surface area contributed by atoms with Crippen LogP contribution in [0.2, 0.25) is 0 Å². The highest BCUT2D eigenvalue weighted by molar-refractivity contribution is 4.79. The van der Waals surface area contributed by atoms with Crippen LogP contribution in [0.4, 0.5) is 0 Å². The van der Waals surface area contributed by atoms with Gasteiger partial charge in [-0.1, -0.05) is 19.3 Å². The minimum Gasteiger partial charge on any atom is -0.315 e. The van der Waals surface area contributed by atoms with Crippen molar-refractivity contribution in [2.24, 2.45) is 5.92 Å². The van der Waals surface area contributed by atoms with Crippen LogP contribution in [0.15, 0.2) is 0 Å². The molecule has 0 aromatic heterocycles. The largest absolute Gasteiger partial charge is 0.315 e. The maximum absolute atomic E-state index is 3.43. The van der Waals surface area contributed by atoms with Crippen molar-refractivity contribution < 1.29 is 0 Å². The molecule has 0 spiro atoms. The smallest absolute Gasteiger partial charge is 0.0229 e. The Morgan fingerprint density at radius 3 is 2.69 bits per heavy atom. The fraction of sp³-hybridized carbons (Fsp3) is 1.00. The summed E-state index contributed by atoms with van der Waals surface area (Å²) in [5.74, 6) is 1.07. The molecule has 2 rings (SSSR count). The van der Waals surface area contributed by atoms with Gasteiger partial charge in [0.2, 0.25) is 0 Å². The van der Waals surface area contributed by atoms with Crippen molar-refractivity contribution in [3.63, 3.8) is 0 Å². The van der Waals surface area contributed by atoms with E-state index in [1.54, 1.807) is 0 Å². The summed E-state index contributed by atoms with van der Waals surface area (Å²) < 4.78 is 0. The van der Waals surface area contributed by atoms with Crippen LogP contribution in [-0.4, -0.2) is 37.6 Å². The van der Waals surface area contributed by atoms with E-state index in [-0.39, 0.29) is 0 Å². The van der Waals surface area contributed by atoms with Crippen LogP contribution in [0.1, 0.15) is 32.1 Å². The van der Waals surface area contributed by atoms with Crippen molar-refractivity contribution in [2.75, 3.05) is 26.7 Å². The molecule has 1 saturated carbocycles. The Labute approximate surface area is 81.7 Å². The topological polar surface area (TPSA) is 15.3 Å². The third-order valence-corrected chi connectivity index (χ3v) is 3.77. The fourth-order valence-corrected chi connectivity index (χ4v) is 2.37. The van der Waals surface area contributed by atoms with E-state index in [9.17, 15) is 0 Å². The summed E-state index contributed by atoms with van der Waals surface area (Å²) >= 11 is 0. The summed E-state index contributed by atoms with van der Waals surface area (Å²) in [5, 5.41) is 3.43. The van der Waals surface area contributed by atoms with Gasteiger partial charge >= 0.3 is 0 Å². The molecule has 0 radical (unpaired) electrons. The molecular formula is C11H22N2. The Morgan fingerprint density at radius 1 is 1.31 bits per heavy atom. The highest BCUT2D eigenvalue weighted by atomic mass is 15.2. The lowest BCUT2D eigenvalue weighted by Crippen LogP contribution is -2.35. The van der Waals surface area contributed by atoms with E-state index in [1.807, 2.05) is 0 Å². The highest BCUT2D eigenvalue weighted by Gasteiger charge is 2.21. The number of nitrogens with one attached hydrogen (secondary N) is 1. The van der Waals surface area contributed by atoms with Crippen molar-refractivity contribution in [1.82, 2.24) is 10.2 Å². The third kappa shape index (κ3) is 2.44. The van der Waals surface area contributed by atoms with Crippen LogP contribution in [0.25, 0.3) is 0 Å². The molecular weight excluding hydrogens is 160 g/mol. The van der Waals surface area contributed by atoms with Crippen molar-refractivity contribution in [1.29, 1.82) is 0 Å². The van der Waals surface area contributed by atoms with Crippen molar-refractivity contribution in [3.05, 3.63) is 0 Å². The standard InChI is InChI=1S/C11H22N2/c1-13(11-5-7-12-9-11)8-6-10-3-2-4-10/h10-12H,2-9H2,1H3. The van der Waals surface area contributed by atoms with Gasteiger partial charge in [0.05, 0.1) is 0 Å². The number of rotatable bonds is 4. The first-order chi connectivity index (χ1) is 6.36. The van der Waals surface area contributed by atoms with Crippen molar-refractivity contribution in [2.45, 2.75) is 38.1 Å². The molecule has 2 nitrogen and oxygen atoms in total. The summed E-state index contributed by atoms with van der Waals surface area (Å²) in [6, 6.07) is 0.820. The van der Waals surface area contributed by atoms with Gasteiger partial charge in [0.1, 0.15) is 0 Å². The second kappa shape index (κ2) is 4.43. The molecule has 0 bridgehead atoms. The molecule has 1 saturated heterocycles. The average Bonchev–Trinajstić information content (AvgIpc) is 2.52. The van der Waals surface area contributed by atoms with E-state index in [1.165, 1.54) is 51.7 Å². The molecule has 1 heterocycles. The summed E-state index contributed by atoms with van der Waals surface area (Å²) in [6.07, 6.45) is 7.26. The quantitative estimate of drug-likeness (QED) is 0.708. The molecule has 1 aliphatic heterocycles. The Hall–Kier alpha value is -0.0800. The maximum Gasteiger partial charge on any atom is 0.0229 e. The zero-order chi connectivity index (χ0) is 9.10. The highest BCUT2D eigenvalue weighted by Crippen LogP contribution is 2.29. The molecule has 1 aliphatic carbocycles. The SMILES string of the molecule is CN(CCC1CCC1)C1CCNC1. The Morgan fingerprint density at radius 2 is 2.15 bits per heavy atom. The summed E-state index contributed by atoms with van der Waals surface area (Å²) in [4.78, 5) is 2.55. The first-order valence-electron chi connectivity index (χ1n) is 5.77. The Bertz CT molecular complexity index is 148. The van der Waals surface area contributed by atoms with Gasteiger partial charge in [-0.15, -0.1) is 0 Å². The minimum atomic E-state index is 0.820. The van der Waals surface area contributed by atoms with Gasteiger partial charge in [-0.2, -0.15) is 0 Å². The van der Waals surface area contributed by atoms with Crippen LogP contribution >= 0.6 is 0 Å². The monoisotopic (exact) mass is 182 g/mol. The normalized spacial score (nSPS) is 29.5. The van der Waals surface area contributed by atoms with Crippen LogP contribution in [0, 0.1) is 5.92 Å². The van der Waals surface area contributed by atoms with Gasteiger partial charge in [-0.3, -0.25) is 0 Å². The molecule has 76 valence electrons. The lowest BCUT2D eigenvalue weighted by atomic mass is 9.83. The summed E-state index contributed by atoms with van der Waals surface area (Å²) in [5.41, 5.74) is 0. The number of hydrogen-bond acceptors (Lipinski definition) is 2. The van der Waals surface area contributed by atoms with E-state index >= 15 is 0 Å². The van der Waals surface area contributed by atoms with Crippen LogP contribution < -0.4 is 5.32 Å². The molecule has 1 N–H and O–H groups in total. The number of nitrogens with zero attached hydrogens (tertiary/aromatic N) is 1. The molecule has 2 aliphatic rings. The molecule has 1 unspecified atom stereocenters. The molecule has 0 amide bonds. The van der Waals surface area contributed by atoms with E-state index in [0.717, 1.165) is 12.0 Å². The van der Waals surface area contributed by atoms with Gasteiger partial charge in [-0.05, 0) is 38.9 Å². The molecule has 13 heavy (non-hydrogen) atoms. The van der Waals surface area contributed by atoms with E-state index in [0.29, 0.717) is 0 Å². The van der Waals surface area contributed by atoms with Gasteiger partial charge in [0.25, 0.3) is 0 Å². The van der Waals surface area contributed by atoms with Gasteiger partial charge in [0, 0.05) is 12.6 Å². The minimum absolute atomic E-state index is 0.820. The molecule has 0 aromatic carbocycles. The first-order valence-corrected chi connectivity index (χ1v) is 5.77. The summed E-state index contributed by atoms with van der Waals surface area (Å²) in [7, 11) is 2.29. The first kappa shape index (κ1) is 9.47. The molecule has 2 fully saturated rings. The third-order valence-electron chi connectivity index (χ3n) is 3.77. The Balaban J connectivity index is 1.62. The van der Waals surface area contributed by atoms with E-state index in [4.69, 9.17) is 0 Å². The van der Waals surface area contributed by atoms with Crippen LogP contribution in [-0.2, 0) is 0 Å². The van der Waals surface area contributed by atoms with Crippen LogP contribution in [0.3, 0.4) is 0 Å². The molecule has 2 heteroatoms. The van der Waals surface area contributed by atoms with Gasteiger partial charge in [0.15, 0.2) is 0 Å². The van der Waals surface area contributed by atoms with Gasteiger partial charge in [-0.25, -0.2) is 0 Å². The summed E-state index contributed by atoms with van der Waals surface area (Å²) in [6.45, 7) is 3.75. The van der Waals surface area contributed by atoms with E-state index in [2.05, 4.69) is 17.3 Å². The fourth-order valence-electron chi connectivity index (χ4n) is 2.37. The molecule has 0 aromatic rings. The average molecular weight is 182 g/mol. The lowest BCUT2D eigenvalue weighted by Gasteiger charge is -2.29. The number of hydrogen-bond donors (Lipinski definition) is 1. The predicted octanol–water partition coefficient (Wildman–Crippen LogP) is 1.47. The van der Waals surface area contributed by atoms with Crippen molar-refractivity contribution in [3.8, 4) is 0 Å². The van der Waals surface area contributed by atoms with Gasteiger partial charge < -0.3 is 10.2 Å².